The second-order valence-electron chi connectivity index (χ2n) is 10.2. The summed E-state index contributed by atoms with van der Waals surface area (Å²) in [7, 11) is 0. The summed E-state index contributed by atoms with van der Waals surface area (Å²) in [4.78, 5) is 16.6. The molecule has 5 heteroatoms. The predicted octanol–water partition coefficient (Wildman–Crippen LogP) is 7.91. The monoisotopic (exact) mass is 509 g/mol. The summed E-state index contributed by atoms with van der Waals surface area (Å²) >= 11 is 0. The van der Waals surface area contributed by atoms with Gasteiger partial charge in [0.2, 0.25) is 0 Å². The number of nitrogens with one attached hydrogen (secondary N) is 1. The van der Waals surface area contributed by atoms with E-state index < -0.39 is 5.97 Å². The molecule has 1 heterocycles. The molecule has 0 saturated heterocycles. The largest absolute Gasteiger partial charge is 0.478 e. The normalized spacial score (nSPS) is 12.8. The van der Waals surface area contributed by atoms with Crippen LogP contribution < -0.4 is 5.32 Å². The van der Waals surface area contributed by atoms with E-state index in [2.05, 4.69) is 79.2 Å². The third-order valence-electron chi connectivity index (χ3n) is 7.22. The van der Waals surface area contributed by atoms with Gasteiger partial charge in [-0.2, -0.15) is 0 Å². The molecule has 5 nitrogen and oxygen atoms in total. The van der Waals surface area contributed by atoms with Crippen LogP contribution in [-0.2, 0) is 18.6 Å². The summed E-state index contributed by atoms with van der Waals surface area (Å²) in [6, 6.07) is 28.1. The Morgan fingerprint density at radius 1 is 0.868 bits per heavy atom. The van der Waals surface area contributed by atoms with E-state index >= 15 is 0 Å². The lowest BCUT2D eigenvalue weighted by molar-refractivity contribution is 0.0697. The highest BCUT2D eigenvalue weighted by Crippen LogP contribution is 2.39. The van der Waals surface area contributed by atoms with Crippen molar-refractivity contribution in [3.8, 4) is 22.6 Å². The van der Waals surface area contributed by atoms with Gasteiger partial charge in [-0.15, -0.1) is 0 Å². The minimum absolute atomic E-state index is 0.305. The molecule has 1 aromatic heterocycles. The van der Waals surface area contributed by atoms with Gasteiger partial charge in [-0.05, 0) is 37.5 Å². The maximum atomic E-state index is 11.3. The van der Waals surface area contributed by atoms with E-state index in [-0.39, 0.29) is 5.54 Å². The number of nitrogens with zero attached hydrogens (tertiary/aromatic N) is 2. The first-order valence-electron chi connectivity index (χ1n) is 13.8. The lowest BCUT2D eigenvalue weighted by Crippen LogP contribution is -2.41. The fourth-order valence-corrected chi connectivity index (χ4v) is 5.03. The first-order valence-corrected chi connectivity index (χ1v) is 13.8. The maximum Gasteiger partial charge on any atom is 0.335 e. The first kappa shape index (κ1) is 27.3. The van der Waals surface area contributed by atoms with Crippen LogP contribution in [0.3, 0.4) is 0 Å². The van der Waals surface area contributed by atoms with Crippen LogP contribution in [0.25, 0.3) is 22.6 Å². The second kappa shape index (κ2) is 12.7. The summed E-state index contributed by atoms with van der Waals surface area (Å²) in [6.45, 7) is 8.29. The van der Waals surface area contributed by atoms with E-state index in [1.807, 2.05) is 24.3 Å². The van der Waals surface area contributed by atoms with Gasteiger partial charge in [-0.1, -0.05) is 106 Å². The number of carboxylic acids is 1. The highest BCUT2D eigenvalue weighted by Gasteiger charge is 2.35. The van der Waals surface area contributed by atoms with E-state index in [9.17, 15) is 9.90 Å². The van der Waals surface area contributed by atoms with Crippen molar-refractivity contribution in [2.24, 2.45) is 0 Å². The number of aromatic nitrogens is 2. The number of aromatic carboxylic acids is 1. The van der Waals surface area contributed by atoms with Gasteiger partial charge in [-0.3, -0.25) is 0 Å². The van der Waals surface area contributed by atoms with Crippen molar-refractivity contribution in [2.45, 2.75) is 71.5 Å². The van der Waals surface area contributed by atoms with Crippen LogP contribution in [0.1, 0.15) is 74.5 Å². The Labute approximate surface area is 226 Å². The first-order chi connectivity index (χ1) is 18.5. The average Bonchev–Trinajstić information content (AvgIpc) is 3.35. The van der Waals surface area contributed by atoms with Crippen molar-refractivity contribution in [1.29, 1.82) is 0 Å². The number of benzene rings is 3. The van der Waals surface area contributed by atoms with Gasteiger partial charge in [0.15, 0.2) is 0 Å². The highest BCUT2D eigenvalue weighted by molar-refractivity contribution is 5.87. The summed E-state index contributed by atoms with van der Waals surface area (Å²) in [6.07, 6.45) is 5.30. The third-order valence-corrected chi connectivity index (χ3v) is 7.22. The molecule has 0 amide bonds. The predicted molar refractivity (Wildman–Crippen MR) is 155 cm³/mol. The van der Waals surface area contributed by atoms with Crippen molar-refractivity contribution in [3.63, 3.8) is 0 Å². The van der Waals surface area contributed by atoms with Crippen LogP contribution in [0.2, 0.25) is 0 Å². The summed E-state index contributed by atoms with van der Waals surface area (Å²) < 4.78 is 2.44. The van der Waals surface area contributed by atoms with Gasteiger partial charge < -0.3 is 15.0 Å². The summed E-state index contributed by atoms with van der Waals surface area (Å²) in [5.74, 6) is 0.0984. The zero-order chi connectivity index (χ0) is 27.0. The van der Waals surface area contributed by atoms with E-state index in [0.717, 1.165) is 66.9 Å². The molecule has 0 aliphatic rings. The summed E-state index contributed by atoms with van der Waals surface area (Å²) in [5.41, 5.74) is 5.49. The van der Waals surface area contributed by atoms with Crippen molar-refractivity contribution in [1.82, 2.24) is 14.9 Å². The number of carboxylic acid groups (broad SMARTS) is 1. The Bertz CT molecular complexity index is 1310. The van der Waals surface area contributed by atoms with Gasteiger partial charge in [0.25, 0.3) is 0 Å². The Kier molecular flexibility index (Phi) is 9.14. The molecule has 0 spiro atoms. The number of hydrogen-bond donors (Lipinski definition) is 2. The molecular weight excluding hydrogens is 470 g/mol. The molecule has 0 fully saturated rings. The molecule has 38 heavy (non-hydrogen) atoms. The number of imidazole rings is 1. The average molecular weight is 510 g/mol. The van der Waals surface area contributed by atoms with E-state index in [1.54, 1.807) is 12.1 Å². The lowest BCUT2D eigenvalue weighted by atomic mass is 9.87. The fourth-order valence-electron chi connectivity index (χ4n) is 5.03. The van der Waals surface area contributed by atoms with Crippen LogP contribution in [0.15, 0.2) is 84.9 Å². The minimum atomic E-state index is -0.905. The van der Waals surface area contributed by atoms with Gasteiger partial charge in [0.1, 0.15) is 5.82 Å². The standard InChI is InChI=1S/C33H39N3O2/c1-4-6-22-33(3,34-24-25-18-20-28(21-19-25)32(37)38)30-29(26-14-10-8-11-15-26)35-31(36(30)23-7-5-2)27-16-12-9-13-17-27/h8-21,34H,4-7,22-24H2,1-3H3,(H,37,38). The minimum Gasteiger partial charge on any atom is -0.478 e. The summed E-state index contributed by atoms with van der Waals surface area (Å²) in [5, 5.41) is 13.2. The zero-order valence-corrected chi connectivity index (χ0v) is 22.8. The molecule has 0 aliphatic carbocycles. The maximum absolute atomic E-state index is 11.3. The van der Waals surface area contributed by atoms with Crippen molar-refractivity contribution in [3.05, 3.63) is 102 Å². The van der Waals surface area contributed by atoms with E-state index in [1.165, 1.54) is 5.69 Å². The number of hydrogen-bond acceptors (Lipinski definition) is 3. The van der Waals surface area contributed by atoms with Gasteiger partial charge in [0.05, 0.1) is 22.5 Å². The van der Waals surface area contributed by atoms with Crippen LogP contribution in [0.4, 0.5) is 0 Å². The smallest absolute Gasteiger partial charge is 0.335 e. The fraction of sp³-hybridized carbons (Fsp3) is 0.333. The number of unbranched alkanes of at least 4 members (excludes halogenated alkanes) is 2. The van der Waals surface area contributed by atoms with Crippen LogP contribution in [-0.4, -0.2) is 20.6 Å². The van der Waals surface area contributed by atoms with Crippen molar-refractivity contribution >= 4 is 5.97 Å². The van der Waals surface area contributed by atoms with Crippen LogP contribution >= 0.6 is 0 Å². The molecule has 2 N–H and O–H groups in total. The second-order valence-corrected chi connectivity index (χ2v) is 10.2. The SMILES string of the molecule is CCCCn1c(-c2ccccc2)nc(-c2ccccc2)c1C(C)(CCCC)NCc1ccc(C(=O)O)cc1. The molecular formula is C33H39N3O2. The number of rotatable bonds is 13. The lowest BCUT2D eigenvalue weighted by Gasteiger charge is -2.34. The van der Waals surface area contributed by atoms with Crippen molar-refractivity contribution in [2.75, 3.05) is 0 Å². The highest BCUT2D eigenvalue weighted by atomic mass is 16.4. The Morgan fingerprint density at radius 2 is 1.47 bits per heavy atom. The van der Waals surface area contributed by atoms with Crippen molar-refractivity contribution < 1.29 is 9.90 Å². The van der Waals surface area contributed by atoms with Gasteiger partial charge in [0, 0.05) is 24.2 Å². The molecule has 0 aliphatic heterocycles. The molecule has 0 bridgehead atoms. The van der Waals surface area contributed by atoms with Crippen LogP contribution in [0, 0.1) is 0 Å². The number of carbonyl (C=O) groups is 1. The molecule has 4 rings (SSSR count). The van der Waals surface area contributed by atoms with Gasteiger partial charge >= 0.3 is 5.97 Å². The Hall–Kier alpha value is -3.70. The Balaban J connectivity index is 1.85. The molecule has 3 aromatic carbocycles. The van der Waals surface area contributed by atoms with E-state index in [0.29, 0.717) is 12.1 Å². The molecule has 198 valence electrons. The molecule has 4 aromatic rings. The molecule has 1 unspecified atom stereocenters. The Morgan fingerprint density at radius 3 is 2.05 bits per heavy atom. The van der Waals surface area contributed by atoms with E-state index in [4.69, 9.17) is 4.98 Å². The topological polar surface area (TPSA) is 67.2 Å². The van der Waals surface area contributed by atoms with Crippen LogP contribution in [0.5, 0.6) is 0 Å². The van der Waals surface area contributed by atoms with Gasteiger partial charge in [-0.25, -0.2) is 9.78 Å². The molecule has 0 radical (unpaired) electrons. The molecule has 0 saturated carbocycles. The zero-order valence-electron chi connectivity index (χ0n) is 22.8. The third kappa shape index (κ3) is 6.22. The quantitative estimate of drug-likeness (QED) is 0.192. The molecule has 1 atom stereocenters.